The highest BCUT2D eigenvalue weighted by atomic mass is 16.2. The van der Waals surface area contributed by atoms with Gasteiger partial charge >= 0.3 is 6.03 Å². The maximum Gasteiger partial charge on any atom is 0.317 e. The van der Waals surface area contributed by atoms with Crippen molar-refractivity contribution in [2.75, 3.05) is 26.2 Å². The lowest BCUT2D eigenvalue weighted by Gasteiger charge is -2.37. The molecule has 0 radical (unpaired) electrons. The molecule has 0 spiro atoms. The molecular formula is C13H21N3O3. The zero-order chi connectivity index (χ0) is 14.0. The summed E-state index contributed by atoms with van der Waals surface area (Å²) in [7, 11) is 0. The number of nitrogens with zero attached hydrogens (tertiary/aromatic N) is 2. The van der Waals surface area contributed by atoms with Crippen LogP contribution < -0.4 is 5.32 Å². The smallest absolute Gasteiger partial charge is 0.317 e. The summed E-state index contributed by atoms with van der Waals surface area (Å²) in [4.78, 5) is 37.9. The number of urea groups is 1. The third-order valence-corrected chi connectivity index (χ3v) is 3.66. The van der Waals surface area contributed by atoms with Gasteiger partial charge in [0.05, 0.1) is 0 Å². The standard InChI is InChI=1S/C13H21N3O3/c1-9-7-15(8-9)13(19)14-4-3-5-16-11(17)6-10(2)12(16)18/h9-10H,3-8H2,1-2H3,(H,14,19). The lowest BCUT2D eigenvalue weighted by Crippen LogP contribution is -2.53. The molecule has 0 aromatic carbocycles. The normalized spacial score (nSPS) is 23.8. The fourth-order valence-electron chi connectivity index (χ4n) is 2.49. The SMILES string of the molecule is CC1CN(C(=O)NCCCN2C(=O)CC(C)C2=O)C1. The van der Waals surface area contributed by atoms with E-state index in [1.54, 1.807) is 11.8 Å². The van der Waals surface area contributed by atoms with Crippen molar-refractivity contribution in [2.24, 2.45) is 11.8 Å². The fourth-order valence-corrected chi connectivity index (χ4v) is 2.49. The maximum atomic E-state index is 11.7. The van der Waals surface area contributed by atoms with E-state index in [-0.39, 0.29) is 23.8 Å². The van der Waals surface area contributed by atoms with Crippen molar-refractivity contribution < 1.29 is 14.4 Å². The van der Waals surface area contributed by atoms with Crippen molar-refractivity contribution in [3.63, 3.8) is 0 Å². The molecule has 2 aliphatic rings. The van der Waals surface area contributed by atoms with Crippen LogP contribution in [-0.2, 0) is 9.59 Å². The van der Waals surface area contributed by atoms with Crippen LogP contribution in [0.5, 0.6) is 0 Å². The summed E-state index contributed by atoms with van der Waals surface area (Å²) in [6.45, 7) is 6.40. The Morgan fingerprint density at radius 3 is 2.53 bits per heavy atom. The predicted octanol–water partition coefficient (Wildman–Crippen LogP) is 0.433. The van der Waals surface area contributed by atoms with Crippen LogP contribution in [0.25, 0.3) is 0 Å². The quantitative estimate of drug-likeness (QED) is 0.593. The van der Waals surface area contributed by atoms with E-state index in [1.807, 2.05) is 0 Å². The van der Waals surface area contributed by atoms with Gasteiger partial charge in [-0.3, -0.25) is 14.5 Å². The van der Waals surface area contributed by atoms with Gasteiger partial charge in [-0.05, 0) is 12.3 Å². The van der Waals surface area contributed by atoms with Gasteiger partial charge in [0.15, 0.2) is 0 Å². The highest BCUT2D eigenvalue weighted by Gasteiger charge is 2.34. The maximum absolute atomic E-state index is 11.7. The average Bonchev–Trinajstić information content (AvgIpc) is 2.56. The zero-order valence-electron chi connectivity index (χ0n) is 11.5. The minimum absolute atomic E-state index is 0.0504. The molecule has 2 fully saturated rings. The molecule has 0 aromatic rings. The molecule has 1 N–H and O–H groups in total. The molecule has 4 amide bonds. The first-order chi connectivity index (χ1) is 8.99. The van der Waals surface area contributed by atoms with Crippen molar-refractivity contribution >= 4 is 17.8 Å². The molecular weight excluding hydrogens is 246 g/mol. The third kappa shape index (κ3) is 3.05. The first-order valence-electron chi connectivity index (χ1n) is 6.86. The highest BCUT2D eigenvalue weighted by Crippen LogP contribution is 2.18. The second kappa shape index (κ2) is 5.59. The highest BCUT2D eigenvalue weighted by molar-refractivity contribution is 6.03. The molecule has 1 unspecified atom stereocenters. The summed E-state index contributed by atoms with van der Waals surface area (Å²) in [5.41, 5.74) is 0. The van der Waals surface area contributed by atoms with Crippen LogP contribution in [0.4, 0.5) is 4.79 Å². The molecule has 1 atom stereocenters. The molecule has 0 saturated carbocycles. The molecule has 6 nitrogen and oxygen atoms in total. The second-order valence-corrected chi connectivity index (χ2v) is 5.58. The summed E-state index contributed by atoms with van der Waals surface area (Å²) in [6.07, 6.45) is 0.927. The Kier molecular flexibility index (Phi) is 4.07. The summed E-state index contributed by atoms with van der Waals surface area (Å²) >= 11 is 0. The van der Waals surface area contributed by atoms with Gasteiger partial charge in [0.25, 0.3) is 0 Å². The van der Waals surface area contributed by atoms with Crippen molar-refractivity contribution in [1.29, 1.82) is 0 Å². The topological polar surface area (TPSA) is 69.7 Å². The molecule has 0 aliphatic carbocycles. The van der Waals surface area contributed by atoms with Crippen molar-refractivity contribution in [3.8, 4) is 0 Å². The molecule has 2 heterocycles. The molecule has 2 rings (SSSR count). The summed E-state index contributed by atoms with van der Waals surface area (Å²) < 4.78 is 0. The number of carbonyl (C=O) groups is 3. The Morgan fingerprint density at radius 1 is 1.32 bits per heavy atom. The van der Waals surface area contributed by atoms with Crippen LogP contribution in [0, 0.1) is 11.8 Å². The van der Waals surface area contributed by atoms with E-state index < -0.39 is 0 Å². The van der Waals surface area contributed by atoms with E-state index in [1.165, 1.54) is 4.90 Å². The van der Waals surface area contributed by atoms with Crippen LogP contribution in [0.3, 0.4) is 0 Å². The van der Waals surface area contributed by atoms with Gasteiger partial charge in [0.2, 0.25) is 11.8 Å². The van der Waals surface area contributed by atoms with E-state index >= 15 is 0 Å². The number of imide groups is 1. The molecule has 6 heteroatoms. The molecule has 0 aromatic heterocycles. The van der Waals surface area contributed by atoms with Crippen LogP contribution in [0.2, 0.25) is 0 Å². The van der Waals surface area contributed by atoms with Crippen LogP contribution >= 0.6 is 0 Å². The molecule has 2 saturated heterocycles. The minimum Gasteiger partial charge on any atom is -0.338 e. The van der Waals surface area contributed by atoms with Gasteiger partial charge in [0, 0.05) is 38.5 Å². The number of likely N-dealkylation sites (tertiary alicyclic amines) is 2. The summed E-state index contributed by atoms with van der Waals surface area (Å²) in [5, 5.41) is 2.81. The first kappa shape index (κ1) is 13.8. The Hall–Kier alpha value is -1.59. The van der Waals surface area contributed by atoms with Crippen molar-refractivity contribution in [3.05, 3.63) is 0 Å². The number of amides is 4. The largest absolute Gasteiger partial charge is 0.338 e. The monoisotopic (exact) mass is 267 g/mol. The van der Waals surface area contributed by atoms with Gasteiger partial charge in [-0.15, -0.1) is 0 Å². The Balaban J connectivity index is 1.63. The van der Waals surface area contributed by atoms with Crippen LogP contribution in [0.15, 0.2) is 0 Å². The lowest BCUT2D eigenvalue weighted by molar-refractivity contribution is -0.139. The van der Waals surface area contributed by atoms with Gasteiger partial charge in [-0.2, -0.15) is 0 Å². The number of hydrogen-bond acceptors (Lipinski definition) is 3. The zero-order valence-corrected chi connectivity index (χ0v) is 11.5. The number of rotatable bonds is 4. The fraction of sp³-hybridized carbons (Fsp3) is 0.769. The van der Waals surface area contributed by atoms with E-state index in [4.69, 9.17) is 0 Å². The minimum atomic E-state index is -0.190. The Labute approximate surface area is 113 Å². The average molecular weight is 267 g/mol. The van der Waals surface area contributed by atoms with Gasteiger partial charge in [0.1, 0.15) is 0 Å². The van der Waals surface area contributed by atoms with Crippen molar-refractivity contribution in [1.82, 2.24) is 15.1 Å². The van der Waals surface area contributed by atoms with Crippen LogP contribution in [-0.4, -0.2) is 53.8 Å². The molecule has 0 bridgehead atoms. The van der Waals surface area contributed by atoms with Gasteiger partial charge in [-0.25, -0.2) is 4.79 Å². The lowest BCUT2D eigenvalue weighted by atomic mass is 10.0. The molecule has 19 heavy (non-hydrogen) atoms. The van der Waals surface area contributed by atoms with E-state index in [0.29, 0.717) is 31.8 Å². The number of hydrogen-bond donors (Lipinski definition) is 1. The molecule has 106 valence electrons. The van der Waals surface area contributed by atoms with Crippen LogP contribution in [0.1, 0.15) is 26.7 Å². The number of carbonyl (C=O) groups excluding carboxylic acids is 3. The third-order valence-electron chi connectivity index (χ3n) is 3.66. The van der Waals surface area contributed by atoms with E-state index in [9.17, 15) is 14.4 Å². The van der Waals surface area contributed by atoms with Crippen molar-refractivity contribution in [2.45, 2.75) is 26.7 Å². The van der Waals surface area contributed by atoms with Gasteiger partial charge in [-0.1, -0.05) is 13.8 Å². The Morgan fingerprint density at radius 2 is 2.00 bits per heavy atom. The number of nitrogens with one attached hydrogen (secondary N) is 1. The summed E-state index contributed by atoms with van der Waals surface area (Å²) in [6, 6.07) is -0.0504. The second-order valence-electron chi connectivity index (χ2n) is 5.58. The summed E-state index contributed by atoms with van der Waals surface area (Å²) in [5.74, 6) is 0.213. The first-order valence-corrected chi connectivity index (χ1v) is 6.86. The van der Waals surface area contributed by atoms with E-state index in [0.717, 1.165) is 13.1 Å². The Bertz CT molecular complexity index is 391. The molecule has 2 aliphatic heterocycles. The predicted molar refractivity (Wildman–Crippen MR) is 69.3 cm³/mol. The van der Waals surface area contributed by atoms with Gasteiger partial charge < -0.3 is 10.2 Å². The van der Waals surface area contributed by atoms with E-state index in [2.05, 4.69) is 12.2 Å².